The molecular formula is C14H26N2O. The van der Waals surface area contributed by atoms with Crippen LogP contribution in [-0.2, 0) is 17.8 Å². The Hall–Kier alpha value is -0.800. The summed E-state index contributed by atoms with van der Waals surface area (Å²) < 4.78 is 7.85. The van der Waals surface area contributed by atoms with Gasteiger partial charge in [-0.25, -0.2) is 0 Å². The van der Waals surface area contributed by atoms with Gasteiger partial charge in [0.2, 0.25) is 0 Å². The maximum atomic E-state index is 5.59. The first-order valence-electron chi connectivity index (χ1n) is 6.69. The number of nitrogens with one attached hydrogen (secondary N) is 1. The molecule has 1 aromatic heterocycles. The summed E-state index contributed by atoms with van der Waals surface area (Å²) in [4.78, 5) is 0. The van der Waals surface area contributed by atoms with Gasteiger partial charge < -0.3 is 14.6 Å². The summed E-state index contributed by atoms with van der Waals surface area (Å²) in [5, 5.41) is 3.44. The summed E-state index contributed by atoms with van der Waals surface area (Å²) in [7, 11) is 0. The number of aromatic nitrogens is 1. The third kappa shape index (κ3) is 5.89. The molecule has 0 aliphatic heterocycles. The van der Waals surface area contributed by atoms with Gasteiger partial charge >= 0.3 is 0 Å². The van der Waals surface area contributed by atoms with Crippen LogP contribution in [0.4, 0.5) is 0 Å². The Morgan fingerprint density at radius 2 is 2.18 bits per heavy atom. The Morgan fingerprint density at radius 1 is 1.35 bits per heavy atom. The Balaban J connectivity index is 2.25. The van der Waals surface area contributed by atoms with Crippen molar-refractivity contribution in [2.75, 3.05) is 13.2 Å². The van der Waals surface area contributed by atoms with Crippen LogP contribution in [0, 0.1) is 0 Å². The first kappa shape index (κ1) is 14.3. The van der Waals surface area contributed by atoms with E-state index in [1.807, 2.05) is 0 Å². The molecule has 0 unspecified atom stereocenters. The number of ether oxygens (including phenoxy) is 1. The summed E-state index contributed by atoms with van der Waals surface area (Å²) in [5.74, 6) is 0. The minimum Gasteiger partial charge on any atom is -0.380 e. The van der Waals surface area contributed by atoms with Crippen LogP contribution in [0.25, 0.3) is 0 Å². The fourth-order valence-electron chi connectivity index (χ4n) is 1.65. The topological polar surface area (TPSA) is 26.2 Å². The summed E-state index contributed by atoms with van der Waals surface area (Å²) in [5.41, 5.74) is 1.33. The highest BCUT2D eigenvalue weighted by Crippen LogP contribution is 2.03. The van der Waals surface area contributed by atoms with E-state index in [2.05, 4.69) is 49.0 Å². The molecule has 0 saturated carbocycles. The van der Waals surface area contributed by atoms with Crippen molar-refractivity contribution in [3.63, 3.8) is 0 Å². The normalized spacial score (nSPS) is 11.3. The second-order valence-corrected chi connectivity index (χ2v) is 4.69. The number of rotatable bonds is 9. The predicted octanol–water partition coefficient (Wildman–Crippen LogP) is 2.80. The van der Waals surface area contributed by atoms with Gasteiger partial charge in [0.25, 0.3) is 0 Å². The van der Waals surface area contributed by atoms with Crippen molar-refractivity contribution < 1.29 is 4.74 Å². The van der Waals surface area contributed by atoms with Crippen molar-refractivity contribution >= 4 is 0 Å². The summed E-state index contributed by atoms with van der Waals surface area (Å²) >= 11 is 0. The zero-order valence-corrected chi connectivity index (χ0v) is 11.4. The lowest BCUT2D eigenvalue weighted by atomic mass is 10.3. The summed E-state index contributed by atoms with van der Waals surface area (Å²) in [6.07, 6.45) is 4.49. The Kier molecular flexibility index (Phi) is 6.97. The molecule has 0 aliphatic carbocycles. The molecule has 0 atom stereocenters. The van der Waals surface area contributed by atoms with Gasteiger partial charge in [0.1, 0.15) is 0 Å². The molecule has 3 nitrogen and oxygen atoms in total. The smallest absolute Gasteiger partial charge is 0.0645 e. The van der Waals surface area contributed by atoms with Gasteiger partial charge in [-0.1, -0.05) is 27.2 Å². The molecule has 0 aromatic carbocycles. The van der Waals surface area contributed by atoms with Crippen molar-refractivity contribution in [1.82, 2.24) is 9.88 Å². The van der Waals surface area contributed by atoms with Gasteiger partial charge in [-0.3, -0.25) is 0 Å². The van der Waals surface area contributed by atoms with Crippen LogP contribution in [-0.4, -0.2) is 23.8 Å². The lowest BCUT2D eigenvalue weighted by Crippen LogP contribution is -2.23. The minimum atomic E-state index is 0.527. The maximum Gasteiger partial charge on any atom is 0.0645 e. The second-order valence-electron chi connectivity index (χ2n) is 4.69. The Labute approximate surface area is 105 Å². The highest BCUT2D eigenvalue weighted by Gasteiger charge is 2.01. The van der Waals surface area contributed by atoms with Crippen molar-refractivity contribution in [1.29, 1.82) is 0 Å². The van der Waals surface area contributed by atoms with Gasteiger partial charge in [-0.05, 0) is 18.6 Å². The van der Waals surface area contributed by atoms with Crippen molar-refractivity contribution in [2.24, 2.45) is 0 Å². The fourth-order valence-corrected chi connectivity index (χ4v) is 1.65. The van der Waals surface area contributed by atoms with E-state index in [1.54, 1.807) is 0 Å². The van der Waals surface area contributed by atoms with Crippen LogP contribution in [0.3, 0.4) is 0 Å². The largest absolute Gasteiger partial charge is 0.380 e. The Bertz CT molecular complexity index is 294. The number of hydrogen-bond donors (Lipinski definition) is 1. The molecule has 17 heavy (non-hydrogen) atoms. The monoisotopic (exact) mass is 238 g/mol. The molecule has 1 aromatic rings. The molecule has 0 radical (unpaired) electrons. The van der Waals surface area contributed by atoms with E-state index >= 15 is 0 Å². The lowest BCUT2D eigenvalue weighted by molar-refractivity contribution is 0.123. The molecular weight excluding hydrogens is 212 g/mol. The standard InChI is InChI=1S/C14H26N2O/c1-4-5-10-17-11-9-16-8-6-7-14(16)12-15-13(2)3/h6-8,13,15H,4-5,9-12H2,1-3H3. The molecule has 0 amide bonds. The SMILES string of the molecule is CCCCOCCn1cccc1CNC(C)C. The first-order chi connectivity index (χ1) is 8.24. The van der Waals surface area contributed by atoms with Crippen LogP contribution in [0.15, 0.2) is 18.3 Å². The zero-order valence-electron chi connectivity index (χ0n) is 11.4. The van der Waals surface area contributed by atoms with Crippen molar-refractivity contribution in [3.8, 4) is 0 Å². The maximum absolute atomic E-state index is 5.59. The van der Waals surface area contributed by atoms with Crippen LogP contribution >= 0.6 is 0 Å². The third-order valence-corrected chi connectivity index (χ3v) is 2.73. The van der Waals surface area contributed by atoms with E-state index in [0.29, 0.717) is 6.04 Å². The van der Waals surface area contributed by atoms with E-state index in [-0.39, 0.29) is 0 Å². The average molecular weight is 238 g/mol. The number of nitrogens with zero attached hydrogens (tertiary/aromatic N) is 1. The zero-order chi connectivity index (χ0) is 12.5. The van der Waals surface area contributed by atoms with E-state index < -0.39 is 0 Å². The lowest BCUT2D eigenvalue weighted by Gasteiger charge is -2.12. The molecule has 0 bridgehead atoms. The fraction of sp³-hybridized carbons (Fsp3) is 0.714. The van der Waals surface area contributed by atoms with E-state index in [4.69, 9.17) is 4.74 Å². The molecule has 1 heterocycles. The van der Waals surface area contributed by atoms with Gasteiger partial charge in [0.05, 0.1) is 6.61 Å². The van der Waals surface area contributed by atoms with E-state index in [1.165, 1.54) is 12.1 Å². The molecule has 0 saturated heterocycles. The average Bonchev–Trinajstić information content (AvgIpc) is 2.73. The van der Waals surface area contributed by atoms with Gasteiger partial charge in [0, 0.05) is 37.6 Å². The van der Waals surface area contributed by atoms with Crippen molar-refractivity contribution in [3.05, 3.63) is 24.0 Å². The predicted molar refractivity (Wildman–Crippen MR) is 72.1 cm³/mol. The highest BCUT2D eigenvalue weighted by atomic mass is 16.5. The minimum absolute atomic E-state index is 0.527. The van der Waals surface area contributed by atoms with Gasteiger partial charge in [0.15, 0.2) is 0 Å². The molecule has 3 heteroatoms. The third-order valence-electron chi connectivity index (χ3n) is 2.73. The van der Waals surface area contributed by atoms with Crippen LogP contribution in [0.2, 0.25) is 0 Å². The molecule has 1 N–H and O–H groups in total. The molecule has 0 aliphatic rings. The molecule has 0 fully saturated rings. The van der Waals surface area contributed by atoms with Crippen LogP contribution in [0.1, 0.15) is 39.3 Å². The molecule has 0 spiro atoms. The highest BCUT2D eigenvalue weighted by molar-refractivity contribution is 5.06. The molecule has 1 rings (SSSR count). The van der Waals surface area contributed by atoms with Crippen LogP contribution < -0.4 is 5.32 Å². The quantitative estimate of drug-likeness (QED) is 0.670. The van der Waals surface area contributed by atoms with Gasteiger partial charge in [-0.15, -0.1) is 0 Å². The van der Waals surface area contributed by atoms with Gasteiger partial charge in [-0.2, -0.15) is 0 Å². The second kappa shape index (κ2) is 8.31. The summed E-state index contributed by atoms with van der Waals surface area (Å²) in [6, 6.07) is 4.80. The van der Waals surface area contributed by atoms with E-state index in [9.17, 15) is 0 Å². The van der Waals surface area contributed by atoms with Crippen molar-refractivity contribution in [2.45, 2.75) is 52.7 Å². The number of unbranched alkanes of at least 4 members (excludes halogenated alkanes) is 1. The summed E-state index contributed by atoms with van der Waals surface area (Å²) in [6.45, 7) is 10.1. The first-order valence-corrected chi connectivity index (χ1v) is 6.69. The molecule has 98 valence electrons. The van der Waals surface area contributed by atoms with Crippen LogP contribution in [0.5, 0.6) is 0 Å². The number of hydrogen-bond acceptors (Lipinski definition) is 2. The van der Waals surface area contributed by atoms with E-state index in [0.717, 1.165) is 32.7 Å². The Morgan fingerprint density at radius 3 is 2.88 bits per heavy atom.